The number of fused-ring (bicyclic) bond motifs is 2. The summed E-state index contributed by atoms with van der Waals surface area (Å²) < 4.78 is 17.2. The molecule has 3 N–H and O–H groups in total. The largest absolute Gasteiger partial charge is 0.390 e. The number of anilines is 1. The number of aliphatic hydroxyl groups is 2. The van der Waals surface area contributed by atoms with Crippen molar-refractivity contribution in [3.63, 3.8) is 0 Å². The van der Waals surface area contributed by atoms with Crippen molar-refractivity contribution in [1.82, 2.24) is 9.55 Å². The number of H-pyrrole nitrogens is 1. The molecule has 1 aromatic carbocycles. The first kappa shape index (κ1) is 19.5. The average Bonchev–Trinajstić information content (AvgIpc) is 3.46. The molecule has 2 fully saturated rings. The molecule has 0 amide bonds. The van der Waals surface area contributed by atoms with Crippen LogP contribution in [0.2, 0.25) is 0 Å². The number of aliphatic hydroxyl groups excluding tert-OH is 2. The number of nitrogens with zero attached hydrogens (tertiary/aromatic N) is 2. The van der Waals surface area contributed by atoms with Crippen LogP contribution < -0.4 is 16.1 Å². The van der Waals surface area contributed by atoms with Gasteiger partial charge in [0.2, 0.25) is 0 Å². The summed E-state index contributed by atoms with van der Waals surface area (Å²) in [6, 6.07) is 0.0258. The second kappa shape index (κ2) is 6.78. The van der Waals surface area contributed by atoms with Crippen molar-refractivity contribution in [3.05, 3.63) is 49.9 Å². The smallest absolute Gasteiger partial charge is 0.329 e. The summed E-state index contributed by atoms with van der Waals surface area (Å²) >= 11 is 0. The van der Waals surface area contributed by atoms with Gasteiger partial charge in [0, 0.05) is 42.1 Å². The Hall–Kier alpha value is -2.45. The highest BCUT2D eigenvalue weighted by atomic mass is 19.1. The van der Waals surface area contributed by atoms with E-state index in [1.54, 1.807) is 18.4 Å². The minimum Gasteiger partial charge on any atom is -0.390 e. The lowest BCUT2D eigenvalue weighted by molar-refractivity contribution is -0.0135. The third-order valence-corrected chi connectivity index (χ3v) is 7.00. The number of rotatable bonds is 2. The maximum Gasteiger partial charge on any atom is 0.329 e. The van der Waals surface area contributed by atoms with Gasteiger partial charge in [0.05, 0.1) is 28.8 Å². The number of aromatic amines is 1. The third-order valence-electron chi connectivity index (χ3n) is 7.00. The van der Waals surface area contributed by atoms with Crippen molar-refractivity contribution in [1.29, 1.82) is 0 Å². The van der Waals surface area contributed by atoms with E-state index in [4.69, 9.17) is 0 Å². The van der Waals surface area contributed by atoms with Gasteiger partial charge in [-0.1, -0.05) is 12.2 Å². The van der Waals surface area contributed by atoms with E-state index < -0.39 is 29.3 Å². The molecule has 2 aromatic rings. The fourth-order valence-electron chi connectivity index (χ4n) is 5.31. The van der Waals surface area contributed by atoms with E-state index in [1.165, 1.54) is 0 Å². The Bertz CT molecular complexity index is 1180. The topological polar surface area (TPSA) is 98.6 Å². The third kappa shape index (κ3) is 2.77. The summed E-state index contributed by atoms with van der Waals surface area (Å²) in [6.45, 7) is 4.23. The number of hydrogen-bond donors (Lipinski definition) is 3. The number of aromatic nitrogens is 2. The Balaban J connectivity index is 1.70. The molecule has 4 atom stereocenters. The Morgan fingerprint density at radius 3 is 2.57 bits per heavy atom. The zero-order valence-corrected chi connectivity index (χ0v) is 17.1. The molecule has 3 aliphatic rings. The van der Waals surface area contributed by atoms with Crippen LogP contribution in [0.1, 0.15) is 36.4 Å². The van der Waals surface area contributed by atoms with Gasteiger partial charge in [0.25, 0.3) is 5.56 Å². The Morgan fingerprint density at radius 2 is 1.87 bits per heavy atom. The van der Waals surface area contributed by atoms with E-state index in [0.717, 1.165) is 12.8 Å². The number of aryl methyl sites for hydroxylation is 2. The van der Waals surface area contributed by atoms with Crippen LogP contribution in [-0.4, -0.2) is 45.1 Å². The first-order valence-corrected chi connectivity index (χ1v) is 10.5. The first-order chi connectivity index (χ1) is 14.3. The molecule has 30 heavy (non-hydrogen) atoms. The fraction of sp³-hybridized carbons (Fsp3) is 0.545. The molecule has 1 saturated heterocycles. The maximum atomic E-state index is 15.6. The highest BCUT2D eigenvalue weighted by molar-refractivity contribution is 5.90. The summed E-state index contributed by atoms with van der Waals surface area (Å²) in [6.07, 6.45) is 4.28. The fourth-order valence-corrected chi connectivity index (χ4v) is 5.31. The Morgan fingerprint density at radius 1 is 1.13 bits per heavy atom. The lowest BCUT2D eigenvalue weighted by Crippen LogP contribution is -2.36. The molecule has 4 unspecified atom stereocenters. The molecule has 0 bridgehead atoms. The number of nitrogens with one attached hydrogen (secondary N) is 1. The number of hydrogen-bond acceptors (Lipinski definition) is 5. The highest BCUT2D eigenvalue weighted by Crippen LogP contribution is 2.42. The molecule has 5 rings (SSSR count). The molecule has 1 saturated carbocycles. The van der Waals surface area contributed by atoms with Gasteiger partial charge in [-0.15, -0.1) is 0 Å². The molecule has 2 aliphatic carbocycles. The second-order valence-electron chi connectivity index (χ2n) is 8.95. The summed E-state index contributed by atoms with van der Waals surface area (Å²) in [4.78, 5) is 29.4. The second-order valence-corrected chi connectivity index (χ2v) is 8.95. The summed E-state index contributed by atoms with van der Waals surface area (Å²) in [5.74, 6) is -0.683. The number of benzene rings is 1. The van der Waals surface area contributed by atoms with E-state index in [9.17, 15) is 19.8 Å². The summed E-state index contributed by atoms with van der Waals surface area (Å²) in [5.41, 5.74) is 0.656. The zero-order valence-electron chi connectivity index (χ0n) is 17.1. The molecule has 0 radical (unpaired) electrons. The number of halogens is 1. The summed E-state index contributed by atoms with van der Waals surface area (Å²) in [7, 11) is 0. The van der Waals surface area contributed by atoms with Gasteiger partial charge in [0.1, 0.15) is 0 Å². The van der Waals surface area contributed by atoms with Crippen molar-refractivity contribution in [2.75, 3.05) is 18.0 Å². The van der Waals surface area contributed by atoms with Crippen molar-refractivity contribution in [2.24, 2.45) is 11.8 Å². The minimum absolute atomic E-state index is 0.00301. The van der Waals surface area contributed by atoms with Crippen molar-refractivity contribution in [3.8, 4) is 0 Å². The molecule has 2 heterocycles. The van der Waals surface area contributed by atoms with Crippen LogP contribution in [-0.2, 0) is 0 Å². The SMILES string of the molecule is Cc1c(F)c(N2CC3C=CCC(O)C(O)C3C2)c(C)c2c1c(=O)[nH]c(=O)n2C1CC1. The van der Waals surface area contributed by atoms with Crippen LogP contribution in [0.25, 0.3) is 10.9 Å². The quantitative estimate of drug-likeness (QED) is 0.646. The first-order valence-electron chi connectivity index (χ1n) is 10.5. The van der Waals surface area contributed by atoms with Crippen LogP contribution in [0.15, 0.2) is 21.7 Å². The standard InChI is InChI=1S/C22H26FN3O4/c1-10-16-18(26(13-6-7-13)22(30)24-21(16)29)11(2)19(17(10)23)25-8-12-4-3-5-15(27)20(28)14(12)9-25/h3-4,12-15,20,27-28H,5-9H2,1-2H3,(H,24,29,30). The summed E-state index contributed by atoms with van der Waals surface area (Å²) in [5, 5.41) is 20.9. The minimum atomic E-state index is -0.882. The normalized spacial score (nSPS) is 28.8. The van der Waals surface area contributed by atoms with Gasteiger partial charge in [-0.25, -0.2) is 9.18 Å². The van der Waals surface area contributed by atoms with E-state index in [1.807, 2.05) is 17.1 Å². The predicted molar refractivity (Wildman–Crippen MR) is 111 cm³/mol. The van der Waals surface area contributed by atoms with Gasteiger partial charge in [0.15, 0.2) is 5.82 Å². The molecule has 1 aliphatic heterocycles. The van der Waals surface area contributed by atoms with Gasteiger partial charge < -0.3 is 15.1 Å². The van der Waals surface area contributed by atoms with Crippen molar-refractivity contribution >= 4 is 16.6 Å². The zero-order chi connectivity index (χ0) is 21.3. The van der Waals surface area contributed by atoms with Gasteiger partial charge in [-0.2, -0.15) is 0 Å². The van der Waals surface area contributed by atoms with Gasteiger partial charge >= 0.3 is 5.69 Å². The van der Waals surface area contributed by atoms with Crippen LogP contribution in [0, 0.1) is 31.5 Å². The predicted octanol–water partition coefficient (Wildman–Crippen LogP) is 1.51. The van der Waals surface area contributed by atoms with Crippen LogP contribution in [0.4, 0.5) is 10.1 Å². The lowest BCUT2D eigenvalue weighted by Gasteiger charge is -2.26. The van der Waals surface area contributed by atoms with Crippen LogP contribution in [0.3, 0.4) is 0 Å². The molecular formula is C22H26FN3O4. The molecule has 7 nitrogen and oxygen atoms in total. The molecular weight excluding hydrogens is 389 g/mol. The molecule has 8 heteroatoms. The lowest BCUT2D eigenvalue weighted by atomic mass is 9.90. The van der Waals surface area contributed by atoms with Crippen molar-refractivity contribution < 1.29 is 14.6 Å². The molecule has 0 spiro atoms. The van der Waals surface area contributed by atoms with Crippen LogP contribution >= 0.6 is 0 Å². The van der Waals surface area contributed by atoms with E-state index in [0.29, 0.717) is 36.3 Å². The highest BCUT2D eigenvalue weighted by Gasteiger charge is 2.41. The molecule has 160 valence electrons. The van der Waals surface area contributed by atoms with Crippen molar-refractivity contribution in [2.45, 2.75) is 51.4 Å². The average molecular weight is 415 g/mol. The maximum absolute atomic E-state index is 15.6. The van der Waals surface area contributed by atoms with E-state index >= 15 is 4.39 Å². The van der Waals surface area contributed by atoms with E-state index in [2.05, 4.69) is 4.98 Å². The Kier molecular flexibility index (Phi) is 4.41. The Labute approximate surface area is 172 Å². The monoisotopic (exact) mass is 415 g/mol. The van der Waals surface area contributed by atoms with Gasteiger partial charge in [-0.3, -0.25) is 14.3 Å². The van der Waals surface area contributed by atoms with Gasteiger partial charge in [-0.05, 0) is 33.1 Å². The van der Waals surface area contributed by atoms with Crippen LogP contribution in [0.5, 0.6) is 0 Å². The van der Waals surface area contributed by atoms with E-state index in [-0.39, 0.29) is 28.8 Å². The molecule has 1 aromatic heterocycles.